The minimum absolute atomic E-state index is 0.119. The van der Waals surface area contributed by atoms with E-state index < -0.39 is 0 Å². The molecule has 0 atom stereocenters. The fraction of sp³-hybridized carbons (Fsp3) is 0.238. The van der Waals surface area contributed by atoms with Gasteiger partial charge >= 0.3 is 0 Å². The molecule has 0 aliphatic heterocycles. The molecule has 0 saturated carbocycles. The molecule has 1 N–H and O–H groups in total. The summed E-state index contributed by atoms with van der Waals surface area (Å²) in [6.45, 7) is 4.77. The Balaban J connectivity index is 1.58. The average Bonchev–Trinajstić information content (AvgIpc) is 2.91. The van der Waals surface area contributed by atoms with Gasteiger partial charge in [-0.2, -0.15) is 5.10 Å². The number of nitrogens with zero attached hydrogens (tertiary/aromatic N) is 2. The van der Waals surface area contributed by atoms with Crippen LogP contribution in [-0.2, 0) is 20.2 Å². The van der Waals surface area contributed by atoms with E-state index in [4.69, 9.17) is 16.3 Å². The Morgan fingerprint density at radius 1 is 1.21 bits per heavy atom. The molecule has 0 unspecified atom stereocenters. The highest BCUT2D eigenvalue weighted by atomic mass is 79.9. The third-order valence-corrected chi connectivity index (χ3v) is 5.38. The van der Waals surface area contributed by atoms with Crippen molar-refractivity contribution in [3.05, 3.63) is 80.0 Å². The molecule has 2 aromatic carbocycles. The van der Waals surface area contributed by atoms with Gasteiger partial charge in [0.15, 0.2) is 0 Å². The van der Waals surface area contributed by atoms with Crippen molar-refractivity contribution in [2.45, 2.75) is 27.0 Å². The second kappa shape index (κ2) is 8.80. The fourth-order valence-corrected chi connectivity index (χ4v) is 3.58. The molecule has 1 amide bonds. The molecule has 0 aliphatic rings. The summed E-state index contributed by atoms with van der Waals surface area (Å²) in [5.74, 6) is 0.500. The van der Waals surface area contributed by atoms with Crippen molar-refractivity contribution in [1.82, 2.24) is 15.1 Å². The zero-order valence-electron chi connectivity index (χ0n) is 15.9. The van der Waals surface area contributed by atoms with Crippen molar-refractivity contribution < 1.29 is 9.53 Å². The van der Waals surface area contributed by atoms with Gasteiger partial charge < -0.3 is 10.1 Å². The number of halogens is 2. The maximum atomic E-state index is 12.4. The lowest BCUT2D eigenvalue weighted by atomic mass is 10.1. The maximum absolute atomic E-state index is 12.4. The van der Waals surface area contributed by atoms with Crippen molar-refractivity contribution in [2.75, 3.05) is 0 Å². The predicted octanol–water partition coefficient (Wildman–Crippen LogP) is 4.96. The summed E-state index contributed by atoms with van der Waals surface area (Å²) in [5, 5.41) is 7.87. The Labute approximate surface area is 177 Å². The lowest BCUT2D eigenvalue weighted by Gasteiger charge is -2.09. The van der Waals surface area contributed by atoms with Gasteiger partial charge in [-0.05, 0) is 49.7 Å². The van der Waals surface area contributed by atoms with Crippen molar-refractivity contribution in [3.8, 4) is 5.75 Å². The summed E-state index contributed by atoms with van der Waals surface area (Å²) in [5.41, 5.74) is 4.59. The van der Waals surface area contributed by atoms with E-state index in [1.54, 1.807) is 18.2 Å². The monoisotopic (exact) mass is 461 g/mol. The number of hydrogen-bond donors (Lipinski definition) is 1. The fourth-order valence-electron chi connectivity index (χ4n) is 2.85. The number of nitrogens with one attached hydrogen (secondary N) is 1. The molecule has 0 spiro atoms. The SMILES string of the molecule is Cc1nn(C)c(C)c1CNC(=O)c1ccc(COc2ccc(Br)cc2Cl)cc1. The van der Waals surface area contributed by atoms with Crippen LogP contribution in [0.3, 0.4) is 0 Å². The van der Waals surface area contributed by atoms with E-state index >= 15 is 0 Å². The number of aromatic nitrogens is 2. The van der Waals surface area contributed by atoms with E-state index in [0.717, 1.165) is 27.0 Å². The number of aryl methyl sites for hydroxylation is 2. The topological polar surface area (TPSA) is 56.2 Å². The van der Waals surface area contributed by atoms with Crippen LogP contribution in [0.1, 0.15) is 32.9 Å². The molecule has 1 aromatic heterocycles. The average molecular weight is 463 g/mol. The van der Waals surface area contributed by atoms with Gasteiger partial charge in [0.25, 0.3) is 5.91 Å². The Bertz CT molecular complexity index is 1000. The third kappa shape index (κ3) is 4.75. The van der Waals surface area contributed by atoms with Crippen molar-refractivity contribution in [1.29, 1.82) is 0 Å². The van der Waals surface area contributed by atoms with Gasteiger partial charge in [-0.15, -0.1) is 0 Å². The molecule has 3 aromatic rings. The molecule has 0 fully saturated rings. The molecule has 3 rings (SSSR count). The predicted molar refractivity (Wildman–Crippen MR) is 114 cm³/mol. The quantitative estimate of drug-likeness (QED) is 0.563. The highest BCUT2D eigenvalue weighted by molar-refractivity contribution is 9.10. The van der Waals surface area contributed by atoms with Gasteiger partial charge in [-0.1, -0.05) is 39.7 Å². The lowest BCUT2D eigenvalue weighted by molar-refractivity contribution is 0.0951. The lowest BCUT2D eigenvalue weighted by Crippen LogP contribution is -2.23. The Kier molecular flexibility index (Phi) is 6.42. The van der Waals surface area contributed by atoms with Crippen LogP contribution in [0.4, 0.5) is 0 Å². The van der Waals surface area contributed by atoms with E-state index in [-0.39, 0.29) is 5.91 Å². The molecule has 28 heavy (non-hydrogen) atoms. The first-order valence-electron chi connectivity index (χ1n) is 8.79. The van der Waals surface area contributed by atoms with Crippen LogP contribution in [0.15, 0.2) is 46.9 Å². The Morgan fingerprint density at radius 3 is 2.54 bits per heavy atom. The van der Waals surface area contributed by atoms with E-state index in [9.17, 15) is 4.79 Å². The summed E-state index contributed by atoms with van der Waals surface area (Å²) in [6.07, 6.45) is 0. The number of rotatable bonds is 6. The number of amides is 1. The third-order valence-electron chi connectivity index (χ3n) is 4.59. The van der Waals surface area contributed by atoms with Crippen molar-refractivity contribution in [2.24, 2.45) is 7.05 Å². The summed E-state index contributed by atoms with van der Waals surface area (Å²) < 4.78 is 8.47. The number of benzene rings is 2. The van der Waals surface area contributed by atoms with E-state index in [0.29, 0.717) is 29.5 Å². The van der Waals surface area contributed by atoms with Gasteiger partial charge in [0, 0.05) is 34.9 Å². The van der Waals surface area contributed by atoms with Crippen LogP contribution >= 0.6 is 27.5 Å². The van der Waals surface area contributed by atoms with Crippen LogP contribution in [0.2, 0.25) is 5.02 Å². The first kappa shape index (κ1) is 20.4. The Hall–Kier alpha value is -2.31. The molecule has 0 radical (unpaired) electrons. The van der Waals surface area contributed by atoms with Gasteiger partial charge in [0.05, 0.1) is 10.7 Å². The number of ether oxygens (including phenoxy) is 1. The molecular weight excluding hydrogens is 442 g/mol. The molecule has 0 bridgehead atoms. The highest BCUT2D eigenvalue weighted by Gasteiger charge is 2.12. The van der Waals surface area contributed by atoms with Crippen LogP contribution < -0.4 is 10.1 Å². The maximum Gasteiger partial charge on any atom is 0.251 e. The van der Waals surface area contributed by atoms with Crippen molar-refractivity contribution in [3.63, 3.8) is 0 Å². The smallest absolute Gasteiger partial charge is 0.251 e. The second-order valence-corrected chi connectivity index (χ2v) is 7.84. The van der Waals surface area contributed by atoms with Crippen molar-refractivity contribution >= 4 is 33.4 Å². The number of hydrogen-bond acceptors (Lipinski definition) is 3. The van der Waals surface area contributed by atoms with Gasteiger partial charge in [-0.3, -0.25) is 9.48 Å². The molecule has 0 saturated heterocycles. The largest absolute Gasteiger partial charge is 0.487 e. The first-order chi connectivity index (χ1) is 13.3. The molecule has 5 nitrogen and oxygen atoms in total. The number of carbonyl (C=O) groups excluding carboxylic acids is 1. The first-order valence-corrected chi connectivity index (χ1v) is 9.96. The van der Waals surface area contributed by atoms with Crippen LogP contribution in [-0.4, -0.2) is 15.7 Å². The summed E-state index contributed by atoms with van der Waals surface area (Å²) in [4.78, 5) is 12.4. The molecule has 7 heteroatoms. The van der Waals surface area contributed by atoms with Gasteiger partial charge in [0.2, 0.25) is 0 Å². The molecule has 0 aliphatic carbocycles. The standard InChI is InChI=1S/C21H21BrClN3O2/c1-13-18(14(2)26(3)25-13)11-24-21(27)16-6-4-15(5-7-16)12-28-20-9-8-17(22)10-19(20)23/h4-10H,11-12H2,1-3H3,(H,24,27). The van der Waals surface area contributed by atoms with E-state index in [1.165, 1.54) is 0 Å². The summed E-state index contributed by atoms with van der Waals surface area (Å²) in [7, 11) is 1.90. The second-order valence-electron chi connectivity index (χ2n) is 6.52. The van der Waals surface area contributed by atoms with Crippen LogP contribution in [0, 0.1) is 13.8 Å². The van der Waals surface area contributed by atoms with Gasteiger partial charge in [-0.25, -0.2) is 0 Å². The molecule has 146 valence electrons. The highest BCUT2D eigenvalue weighted by Crippen LogP contribution is 2.28. The zero-order chi connectivity index (χ0) is 20.3. The van der Waals surface area contributed by atoms with Crippen LogP contribution in [0.5, 0.6) is 5.75 Å². The zero-order valence-corrected chi connectivity index (χ0v) is 18.3. The molecule has 1 heterocycles. The summed E-state index contributed by atoms with van der Waals surface area (Å²) >= 11 is 9.53. The van der Waals surface area contributed by atoms with E-state index in [1.807, 2.05) is 49.8 Å². The van der Waals surface area contributed by atoms with E-state index in [2.05, 4.69) is 26.3 Å². The normalized spacial score (nSPS) is 10.8. The minimum atomic E-state index is -0.119. The minimum Gasteiger partial charge on any atom is -0.487 e. The Morgan fingerprint density at radius 2 is 1.93 bits per heavy atom. The van der Waals surface area contributed by atoms with Crippen LogP contribution in [0.25, 0.3) is 0 Å². The summed E-state index contributed by atoms with van der Waals surface area (Å²) in [6, 6.07) is 12.8. The van der Waals surface area contributed by atoms with Gasteiger partial charge in [0.1, 0.15) is 12.4 Å². The number of carbonyl (C=O) groups is 1. The molecular formula is C21H21BrClN3O2.